The Bertz CT molecular complexity index is 809. The van der Waals surface area contributed by atoms with Gasteiger partial charge in [0.1, 0.15) is 0 Å². The molecule has 2 aromatic heterocycles. The third-order valence-corrected chi connectivity index (χ3v) is 3.85. The van der Waals surface area contributed by atoms with Crippen LogP contribution in [-0.4, -0.2) is 15.9 Å². The Labute approximate surface area is 123 Å². The van der Waals surface area contributed by atoms with Crippen LogP contribution in [0.2, 0.25) is 5.02 Å². The van der Waals surface area contributed by atoms with Crippen LogP contribution in [0.4, 0.5) is 5.13 Å². The number of halogens is 1. The van der Waals surface area contributed by atoms with Crippen molar-refractivity contribution in [2.75, 3.05) is 5.32 Å². The molecule has 20 heavy (non-hydrogen) atoms. The maximum atomic E-state index is 12.1. The first-order valence-corrected chi connectivity index (χ1v) is 7.04. The highest BCUT2D eigenvalue weighted by Gasteiger charge is 2.17. The summed E-state index contributed by atoms with van der Waals surface area (Å²) in [4.78, 5) is 20.5. The second kappa shape index (κ2) is 4.88. The van der Waals surface area contributed by atoms with E-state index >= 15 is 0 Å². The van der Waals surface area contributed by atoms with Crippen molar-refractivity contribution in [2.24, 2.45) is 0 Å². The lowest BCUT2D eigenvalue weighted by Crippen LogP contribution is -2.11. The minimum atomic E-state index is -0.353. The number of nitrogens with one attached hydrogen (secondary N) is 1. The maximum absolute atomic E-state index is 12.1. The molecule has 0 aliphatic rings. The van der Waals surface area contributed by atoms with Crippen LogP contribution < -0.4 is 5.32 Å². The molecule has 0 aliphatic carbocycles. The molecule has 0 saturated heterocycles. The van der Waals surface area contributed by atoms with Crippen molar-refractivity contribution >= 4 is 44.2 Å². The van der Waals surface area contributed by atoms with E-state index in [-0.39, 0.29) is 11.7 Å². The number of hydrogen-bond acceptors (Lipinski definition) is 5. The second-order valence-electron chi connectivity index (χ2n) is 4.23. The lowest BCUT2D eigenvalue weighted by Gasteiger charge is -1.97. The number of nitrogens with zero attached hydrogens (tertiary/aromatic N) is 2. The molecule has 0 atom stereocenters. The number of fused-ring (bicyclic) bond motifs is 1. The molecule has 0 fully saturated rings. The highest BCUT2D eigenvalue weighted by molar-refractivity contribution is 7.22. The predicted molar refractivity (Wildman–Crippen MR) is 78.6 cm³/mol. The zero-order chi connectivity index (χ0) is 14.3. The van der Waals surface area contributed by atoms with Gasteiger partial charge in [-0.1, -0.05) is 22.9 Å². The average molecular weight is 308 g/mol. The number of aryl methyl sites for hydroxylation is 2. The normalized spacial score (nSPS) is 10.9. The van der Waals surface area contributed by atoms with Crippen molar-refractivity contribution in [2.45, 2.75) is 13.8 Å². The molecule has 7 heteroatoms. The van der Waals surface area contributed by atoms with Crippen LogP contribution in [0, 0.1) is 13.8 Å². The Morgan fingerprint density at radius 1 is 1.35 bits per heavy atom. The van der Waals surface area contributed by atoms with Crippen LogP contribution in [0.3, 0.4) is 0 Å². The molecule has 3 aromatic rings. The van der Waals surface area contributed by atoms with Crippen LogP contribution in [0.15, 0.2) is 22.6 Å². The summed E-state index contributed by atoms with van der Waals surface area (Å²) >= 11 is 7.28. The van der Waals surface area contributed by atoms with Gasteiger partial charge in [-0.15, -0.1) is 0 Å². The number of oxazole rings is 1. The van der Waals surface area contributed by atoms with E-state index in [1.165, 1.54) is 11.3 Å². The number of aromatic nitrogens is 2. The predicted octanol–water partition coefficient (Wildman–Crippen LogP) is 3.81. The average Bonchev–Trinajstić information content (AvgIpc) is 2.91. The van der Waals surface area contributed by atoms with E-state index in [1.807, 2.05) is 12.1 Å². The molecular formula is C13H10ClN3O2S. The number of rotatable bonds is 2. The Morgan fingerprint density at radius 3 is 2.85 bits per heavy atom. The number of carbonyl (C=O) groups is 1. The molecule has 1 N–H and O–H groups in total. The molecular weight excluding hydrogens is 298 g/mol. The summed E-state index contributed by atoms with van der Waals surface area (Å²) in [6.07, 6.45) is 0. The van der Waals surface area contributed by atoms with Crippen LogP contribution >= 0.6 is 22.9 Å². The van der Waals surface area contributed by atoms with Gasteiger partial charge in [-0.2, -0.15) is 0 Å². The van der Waals surface area contributed by atoms with E-state index in [2.05, 4.69) is 15.3 Å². The first-order valence-electron chi connectivity index (χ1n) is 5.84. The van der Waals surface area contributed by atoms with Gasteiger partial charge in [-0.3, -0.25) is 10.1 Å². The minimum Gasteiger partial charge on any atom is -0.436 e. The summed E-state index contributed by atoms with van der Waals surface area (Å²) in [5.74, 6) is 0.316. The van der Waals surface area contributed by atoms with Crippen molar-refractivity contribution in [1.29, 1.82) is 0 Å². The third kappa shape index (κ3) is 2.39. The third-order valence-electron chi connectivity index (χ3n) is 2.68. The molecule has 0 spiro atoms. The monoisotopic (exact) mass is 307 g/mol. The Kier molecular flexibility index (Phi) is 3.19. The molecule has 1 amide bonds. The highest BCUT2D eigenvalue weighted by atomic mass is 35.5. The quantitative estimate of drug-likeness (QED) is 0.781. The van der Waals surface area contributed by atoms with Gasteiger partial charge in [0.25, 0.3) is 5.91 Å². The summed E-state index contributed by atoms with van der Waals surface area (Å²) < 4.78 is 6.19. The molecule has 0 bridgehead atoms. The summed E-state index contributed by atoms with van der Waals surface area (Å²) in [7, 11) is 0. The lowest BCUT2D eigenvalue weighted by molar-refractivity contribution is 0.0994. The Morgan fingerprint density at radius 2 is 2.15 bits per heavy atom. The van der Waals surface area contributed by atoms with Crippen LogP contribution in [0.25, 0.3) is 10.2 Å². The molecule has 102 valence electrons. The van der Waals surface area contributed by atoms with E-state index in [0.717, 1.165) is 10.2 Å². The van der Waals surface area contributed by atoms with Crippen molar-refractivity contribution in [3.63, 3.8) is 0 Å². The summed E-state index contributed by atoms with van der Waals surface area (Å²) in [6.45, 7) is 3.42. The molecule has 0 radical (unpaired) electrons. The van der Waals surface area contributed by atoms with E-state index < -0.39 is 0 Å². The van der Waals surface area contributed by atoms with E-state index in [9.17, 15) is 4.79 Å². The standard InChI is InChI=1S/C13H10ClN3O2S/c1-6-11(19-7(2)15-6)12(18)17-13-16-9-4-3-8(14)5-10(9)20-13/h3-5H,1-2H3,(H,16,17,18). The molecule has 0 aliphatic heterocycles. The Balaban J connectivity index is 1.89. The number of thiazole rings is 1. The van der Waals surface area contributed by atoms with Crippen LogP contribution in [0.5, 0.6) is 0 Å². The number of carbonyl (C=O) groups excluding carboxylic acids is 1. The summed E-state index contributed by atoms with van der Waals surface area (Å²) in [5, 5.41) is 3.85. The summed E-state index contributed by atoms with van der Waals surface area (Å²) in [6, 6.07) is 5.39. The SMILES string of the molecule is Cc1nc(C)c(C(=O)Nc2nc3ccc(Cl)cc3s2)o1. The molecule has 0 unspecified atom stereocenters. The maximum Gasteiger partial charge on any atom is 0.295 e. The zero-order valence-corrected chi connectivity index (χ0v) is 12.3. The van der Waals surface area contributed by atoms with E-state index in [0.29, 0.717) is 21.7 Å². The van der Waals surface area contributed by atoms with Crippen molar-refractivity contribution < 1.29 is 9.21 Å². The fourth-order valence-corrected chi connectivity index (χ4v) is 2.98. The van der Waals surface area contributed by atoms with Crippen molar-refractivity contribution in [1.82, 2.24) is 9.97 Å². The fraction of sp³-hybridized carbons (Fsp3) is 0.154. The number of anilines is 1. The second-order valence-corrected chi connectivity index (χ2v) is 5.70. The fourth-order valence-electron chi connectivity index (χ4n) is 1.85. The van der Waals surface area contributed by atoms with Crippen LogP contribution in [0.1, 0.15) is 22.1 Å². The van der Waals surface area contributed by atoms with Gasteiger partial charge in [0.15, 0.2) is 11.0 Å². The van der Waals surface area contributed by atoms with Gasteiger partial charge in [-0.05, 0) is 25.1 Å². The topological polar surface area (TPSA) is 68.0 Å². The molecule has 0 saturated carbocycles. The van der Waals surface area contributed by atoms with E-state index in [1.54, 1.807) is 19.9 Å². The number of hydrogen-bond donors (Lipinski definition) is 1. The van der Waals surface area contributed by atoms with Gasteiger partial charge in [0.2, 0.25) is 5.76 Å². The van der Waals surface area contributed by atoms with Crippen molar-refractivity contribution in [3.05, 3.63) is 40.6 Å². The van der Waals surface area contributed by atoms with Gasteiger partial charge in [0, 0.05) is 11.9 Å². The molecule has 2 heterocycles. The smallest absolute Gasteiger partial charge is 0.295 e. The Hall–Kier alpha value is -1.92. The first-order chi connectivity index (χ1) is 9.52. The largest absolute Gasteiger partial charge is 0.436 e. The lowest BCUT2D eigenvalue weighted by atomic mass is 10.3. The van der Waals surface area contributed by atoms with Gasteiger partial charge in [-0.25, -0.2) is 9.97 Å². The van der Waals surface area contributed by atoms with Crippen molar-refractivity contribution in [3.8, 4) is 0 Å². The number of amides is 1. The van der Waals surface area contributed by atoms with Gasteiger partial charge >= 0.3 is 0 Å². The van der Waals surface area contributed by atoms with E-state index in [4.69, 9.17) is 16.0 Å². The molecule has 3 rings (SSSR count). The minimum absolute atomic E-state index is 0.208. The van der Waals surface area contributed by atoms with Gasteiger partial charge in [0.05, 0.1) is 15.9 Å². The highest BCUT2D eigenvalue weighted by Crippen LogP contribution is 2.28. The number of benzene rings is 1. The zero-order valence-electron chi connectivity index (χ0n) is 10.7. The summed E-state index contributed by atoms with van der Waals surface area (Å²) in [5.41, 5.74) is 1.35. The molecule has 5 nitrogen and oxygen atoms in total. The molecule has 1 aromatic carbocycles. The first kappa shape index (κ1) is 13.1. The van der Waals surface area contributed by atoms with Gasteiger partial charge < -0.3 is 4.42 Å². The van der Waals surface area contributed by atoms with Crippen LogP contribution in [-0.2, 0) is 0 Å².